The summed E-state index contributed by atoms with van der Waals surface area (Å²) in [6, 6.07) is 0. The molecule has 1 amide bonds. The molecule has 0 bridgehead atoms. The minimum atomic E-state index is 0.229. The highest BCUT2D eigenvalue weighted by atomic mass is 16.5. The second-order valence-corrected chi connectivity index (χ2v) is 3.46. The van der Waals surface area contributed by atoms with E-state index in [-0.39, 0.29) is 11.8 Å². The number of hydrogen-bond acceptors (Lipinski definition) is 4. The number of likely N-dealkylation sites (tertiary alicyclic amines) is 1. The summed E-state index contributed by atoms with van der Waals surface area (Å²) in [5.74, 6) is 1.19. The number of carbonyl (C=O) groups is 1. The Hall–Kier alpha value is -1.39. The van der Waals surface area contributed by atoms with Gasteiger partial charge in [0.1, 0.15) is 0 Å². The molecular weight excluding hydrogens is 182 g/mol. The van der Waals surface area contributed by atoms with Crippen molar-refractivity contribution in [2.75, 3.05) is 13.1 Å². The first kappa shape index (κ1) is 9.18. The van der Waals surface area contributed by atoms with E-state index in [0.717, 1.165) is 25.3 Å². The summed E-state index contributed by atoms with van der Waals surface area (Å²) in [7, 11) is 0. The Balaban J connectivity index is 2.06. The highest BCUT2D eigenvalue weighted by Gasteiger charge is 2.27. The Morgan fingerprint density at radius 2 is 2.57 bits per heavy atom. The van der Waals surface area contributed by atoms with Crippen LogP contribution < -0.4 is 0 Å². The maximum atomic E-state index is 11.4. The Labute approximate surface area is 82.1 Å². The number of nitrogens with zero attached hydrogens (tertiary/aromatic N) is 3. The van der Waals surface area contributed by atoms with Gasteiger partial charge in [-0.1, -0.05) is 5.16 Å². The molecular formula is C9H13N3O2. The molecule has 1 atom stereocenters. The third kappa shape index (κ3) is 1.62. The maximum Gasteiger partial charge on any atom is 0.222 e. The predicted molar refractivity (Wildman–Crippen MR) is 48.5 cm³/mol. The van der Waals surface area contributed by atoms with E-state index in [2.05, 4.69) is 10.1 Å². The van der Waals surface area contributed by atoms with Crippen LogP contribution in [0, 0.1) is 0 Å². The highest BCUT2D eigenvalue weighted by molar-refractivity contribution is 5.77. The number of rotatable bonds is 2. The summed E-state index contributed by atoms with van der Waals surface area (Å²) < 4.78 is 4.70. The van der Waals surface area contributed by atoms with E-state index in [0.29, 0.717) is 6.42 Å². The summed E-state index contributed by atoms with van der Waals surface area (Å²) >= 11 is 0. The zero-order chi connectivity index (χ0) is 9.97. The van der Waals surface area contributed by atoms with E-state index in [1.54, 1.807) is 0 Å². The maximum absolute atomic E-state index is 11.4. The highest BCUT2D eigenvalue weighted by Crippen LogP contribution is 2.24. The van der Waals surface area contributed by atoms with Crippen molar-refractivity contribution < 1.29 is 9.32 Å². The van der Waals surface area contributed by atoms with Gasteiger partial charge in [-0.15, -0.1) is 0 Å². The van der Waals surface area contributed by atoms with E-state index in [1.165, 1.54) is 6.39 Å². The third-order valence-electron chi connectivity index (χ3n) is 2.63. The number of aromatic nitrogens is 2. The molecule has 0 radical (unpaired) electrons. The molecule has 1 aromatic rings. The van der Waals surface area contributed by atoms with E-state index in [1.807, 2.05) is 11.8 Å². The Morgan fingerprint density at radius 3 is 3.21 bits per heavy atom. The fourth-order valence-electron chi connectivity index (χ4n) is 1.79. The summed E-state index contributed by atoms with van der Waals surface area (Å²) in [6.07, 6.45) is 2.75. The average Bonchev–Trinajstić information content (AvgIpc) is 2.71. The van der Waals surface area contributed by atoms with Crippen LogP contribution in [0.1, 0.15) is 31.5 Å². The Morgan fingerprint density at radius 1 is 1.71 bits per heavy atom. The van der Waals surface area contributed by atoms with Crippen molar-refractivity contribution in [3.8, 4) is 0 Å². The smallest absolute Gasteiger partial charge is 0.222 e. The van der Waals surface area contributed by atoms with Gasteiger partial charge in [0, 0.05) is 25.4 Å². The van der Waals surface area contributed by atoms with Gasteiger partial charge in [0.2, 0.25) is 12.3 Å². The minimum Gasteiger partial charge on any atom is -0.343 e. The standard InChI is InChI=1S/C9H13N3O2/c1-2-12-5-7(3-4-8(12)13)9-10-6-14-11-9/h6-7H,2-5H2,1H3. The molecule has 1 fully saturated rings. The van der Waals surface area contributed by atoms with Gasteiger partial charge in [-0.2, -0.15) is 4.98 Å². The summed E-state index contributed by atoms with van der Waals surface area (Å²) in [5, 5.41) is 3.81. The number of amides is 1. The topological polar surface area (TPSA) is 59.2 Å². The lowest BCUT2D eigenvalue weighted by Gasteiger charge is -2.29. The molecule has 0 saturated carbocycles. The summed E-state index contributed by atoms with van der Waals surface area (Å²) in [6.45, 7) is 3.46. The molecule has 2 rings (SSSR count). The fraction of sp³-hybridized carbons (Fsp3) is 0.667. The van der Waals surface area contributed by atoms with Crippen molar-refractivity contribution in [1.29, 1.82) is 0 Å². The minimum absolute atomic E-state index is 0.229. The molecule has 1 saturated heterocycles. The van der Waals surface area contributed by atoms with Gasteiger partial charge in [0.05, 0.1) is 0 Å². The normalized spacial score (nSPS) is 22.8. The fourth-order valence-corrected chi connectivity index (χ4v) is 1.79. The lowest BCUT2D eigenvalue weighted by atomic mass is 9.97. The molecule has 1 aliphatic rings. The zero-order valence-electron chi connectivity index (χ0n) is 8.14. The van der Waals surface area contributed by atoms with Crippen molar-refractivity contribution >= 4 is 5.91 Å². The van der Waals surface area contributed by atoms with Crippen LogP contribution in [0.3, 0.4) is 0 Å². The van der Waals surface area contributed by atoms with Crippen LogP contribution in [0.15, 0.2) is 10.9 Å². The molecule has 0 aliphatic carbocycles. The van der Waals surface area contributed by atoms with Gasteiger partial charge in [0.15, 0.2) is 5.82 Å². The van der Waals surface area contributed by atoms with Crippen LogP contribution in [-0.2, 0) is 4.79 Å². The van der Waals surface area contributed by atoms with Gasteiger partial charge in [-0.05, 0) is 13.3 Å². The molecule has 1 aromatic heterocycles. The molecule has 1 unspecified atom stereocenters. The van der Waals surface area contributed by atoms with Gasteiger partial charge >= 0.3 is 0 Å². The quantitative estimate of drug-likeness (QED) is 0.700. The predicted octanol–water partition coefficient (Wildman–Crippen LogP) is 0.795. The molecule has 14 heavy (non-hydrogen) atoms. The van der Waals surface area contributed by atoms with E-state index in [4.69, 9.17) is 4.52 Å². The van der Waals surface area contributed by atoms with Gasteiger partial charge in [-0.25, -0.2) is 0 Å². The van der Waals surface area contributed by atoms with Crippen molar-refractivity contribution in [2.24, 2.45) is 0 Å². The molecule has 0 spiro atoms. The summed E-state index contributed by atoms with van der Waals surface area (Å²) in [5.41, 5.74) is 0. The first-order valence-electron chi connectivity index (χ1n) is 4.85. The SMILES string of the molecule is CCN1CC(c2ncon2)CCC1=O. The number of carbonyl (C=O) groups excluding carboxylic acids is 1. The average molecular weight is 195 g/mol. The van der Waals surface area contributed by atoms with Crippen LogP contribution in [0.2, 0.25) is 0 Å². The number of piperidine rings is 1. The van der Waals surface area contributed by atoms with Crippen LogP contribution in [0.5, 0.6) is 0 Å². The monoisotopic (exact) mass is 195 g/mol. The first-order valence-corrected chi connectivity index (χ1v) is 4.85. The first-order chi connectivity index (χ1) is 6.81. The Bertz CT molecular complexity index is 310. The van der Waals surface area contributed by atoms with Gasteiger partial charge in [0.25, 0.3) is 0 Å². The number of likely N-dealkylation sites (N-methyl/N-ethyl adjacent to an activating group) is 1. The molecule has 1 aliphatic heterocycles. The summed E-state index contributed by atoms with van der Waals surface area (Å²) in [4.78, 5) is 17.3. The van der Waals surface area contributed by atoms with E-state index < -0.39 is 0 Å². The largest absolute Gasteiger partial charge is 0.343 e. The second-order valence-electron chi connectivity index (χ2n) is 3.46. The van der Waals surface area contributed by atoms with Crippen molar-refractivity contribution in [2.45, 2.75) is 25.7 Å². The van der Waals surface area contributed by atoms with Crippen LogP contribution in [0.25, 0.3) is 0 Å². The Kier molecular flexibility index (Phi) is 2.47. The van der Waals surface area contributed by atoms with Crippen LogP contribution in [0.4, 0.5) is 0 Å². The van der Waals surface area contributed by atoms with Gasteiger partial charge < -0.3 is 9.42 Å². The van der Waals surface area contributed by atoms with E-state index in [9.17, 15) is 4.79 Å². The molecule has 0 aromatic carbocycles. The molecule has 0 N–H and O–H groups in total. The lowest BCUT2D eigenvalue weighted by molar-refractivity contribution is -0.133. The van der Waals surface area contributed by atoms with Crippen molar-refractivity contribution in [3.05, 3.63) is 12.2 Å². The third-order valence-corrected chi connectivity index (χ3v) is 2.63. The van der Waals surface area contributed by atoms with Gasteiger partial charge in [-0.3, -0.25) is 4.79 Å². The van der Waals surface area contributed by atoms with Crippen LogP contribution in [-0.4, -0.2) is 34.0 Å². The van der Waals surface area contributed by atoms with E-state index >= 15 is 0 Å². The van der Waals surface area contributed by atoms with Crippen molar-refractivity contribution in [3.63, 3.8) is 0 Å². The second kappa shape index (κ2) is 3.77. The molecule has 5 heteroatoms. The zero-order valence-corrected chi connectivity index (χ0v) is 8.14. The number of hydrogen-bond donors (Lipinski definition) is 0. The van der Waals surface area contributed by atoms with Crippen LogP contribution >= 0.6 is 0 Å². The molecule has 2 heterocycles. The lowest BCUT2D eigenvalue weighted by Crippen LogP contribution is -2.39. The van der Waals surface area contributed by atoms with Crippen molar-refractivity contribution in [1.82, 2.24) is 15.0 Å². The molecule has 76 valence electrons. The molecule has 5 nitrogen and oxygen atoms in total.